The number of amides is 5. The van der Waals surface area contributed by atoms with Crippen LogP contribution in [0.4, 0.5) is 70.2 Å². The highest BCUT2D eigenvalue weighted by molar-refractivity contribution is 8.16. The van der Waals surface area contributed by atoms with Gasteiger partial charge < -0.3 is 38.1 Å². The zero-order valence-electron chi connectivity index (χ0n) is 80.5. The van der Waals surface area contributed by atoms with Crippen molar-refractivity contribution in [3.05, 3.63) is 340 Å². The summed E-state index contributed by atoms with van der Waals surface area (Å²) >= 11 is 5.64. The Hall–Kier alpha value is -12.1. The van der Waals surface area contributed by atoms with Crippen LogP contribution in [0.2, 0.25) is 0 Å². The maximum atomic E-state index is 14.6. The number of aryl methyl sites for hydroxylation is 4. The van der Waals surface area contributed by atoms with E-state index >= 15 is 0 Å². The molecule has 10 N–H and O–H groups in total. The van der Waals surface area contributed by atoms with E-state index in [-0.39, 0.29) is 107 Å². The van der Waals surface area contributed by atoms with Crippen LogP contribution in [0.15, 0.2) is 189 Å². The number of fused-ring (bicyclic) bond motifs is 10. The molecule has 0 saturated heterocycles. The van der Waals surface area contributed by atoms with Gasteiger partial charge in [0.15, 0.2) is 33.0 Å². The highest BCUT2D eigenvalue weighted by atomic mass is 32.2. The number of ether oxygens (including phenoxy) is 2. The molecule has 3 aliphatic carbocycles. The van der Waals surface area contributed by atoms with Crippen LogP contribution in [-0.4, -0.2) is 126 Å². The number of hydrogen-bond donors (Lipinski definition) is 5. The first kappa shape index (κ1) is 109. The van der Waals surface area contributed by atoms with Crippen LogP contribution in [0, 0.1) is 137 Å². The lowest BCUT2D eigenvalue weighted by Crippen LogP contribution is -2.51. The van der Waals surface area contributed by atoms with Crippen molar-refractivity contribution in [2.75, 3.05) is 45.9 Å². The molecule has 0 saturated carbocycles. The molecule has 10 aliphatic rings. The van der Waals surface area contributed by atoms with Gasteiger partial charge in [0.05, 0.1) is 13.2 Å². The van der Waals surface area contributed by atoms with Gasteiger partial charge in [-0.05, 0) is 301 Å². The third kappa shape index (κ3) is 20.0. The van der Waals surface area contributed by atoms with Gasteiger partial charge in [0, 0.05) is 91.5 Å². The zero-order chi connectivity index (χ0) is 106. The van der Waals surface area contributed by atoms with Crippen LogP contribution in [0.5, 0.6) is 11.5 Å². The van der Waals surface area contributed by atoms with Crippen LogP contribution in [0.1, 0.15) is 169 Å². The normalized spacial score (nSPS) is 23.0. The van der Waals surface area contributed by atoms with Crippen molar-refractivity contribution in [1.82, 2.24) is 25.0 Å². The molecule has 5 amide bonds. The number of nitrogens with zero attached hydrogens (tertiary/aromatic N) is 10. The number of carbonyl (C=O) groups is 5. The summed E-state index contributed by atoms with van der Waals surface area (Å²) in [6.45, 7) is 13.0. The minimum atomic E-state index is -1.30. The zero-order valence-corrected chi connectivity index (χ0v) is 84.6. The Bertz CT molecular complexity index is 6790. The number of carbonyl (C=O) groups excluding carboxylic acids is 5. The Morgan fingerprint density at radius 1 is 0.297 bits per heavy atom. The second-order valence-corrected chi connectivity index (χ2v) is 42.6. The van der Waals surface area contributed by atoms with Crippen molar-refractivity contribution in [3.63, 3.8) is 0 Å². The fourth-order valence-corrected chi connectivity index (χ4v) is 29.0. The summed E-state index contributed by atoms with van der Waals surface area (Å²) in [6, 6.07) is 33.2. The molecule has 778 valence electrons. The molecule has 0 bridgehead atoms. The molecule has 10 aromatic rings. The fourth-order valence-electron chi connectivity index (χ4n) is 20.9. The van der Waals surface area contributed by atoms with Crippen LogP contribution < -0.4 is 38.1 Å². The predicted molar refractivity (Wildman–Crippen MR) is 537 cm³/mol. The smallest absolute Gasteiger partial charge is 0.241 e. The third-order valence-corrected chi connectivity index (χ3v) is 35.0. The molecular weight excluding hydrogens is 2050 g/mol. The van der Waals surface area contributed by atoms with Gasteiger partial charge in [-0.2, -0.15) is 25.5 Å². The summed E-state index contributed by atoms with van der Waals surface area (Å²) in [5.41, 5.74) is 34.8. The monoisotopic (exact) mass is 2150 g/mol. The van der Waals surface area contributed by atoms with Crippen LogP contribution in [0.3, 0.4) is 0 Å². The molecule has 0 radical (unpaired) electrons. The molecule has 43 heteroatoms. The van der Waals surface area contributed by atoms with Gasteiger partial charge in [-0.3, -0.25) is 24.0 Å². The Labute approximate surface area is 861 Å². The summed E-state index contributed by atoms with van der Waals surface area (Å²) in [6.07, 6.45) is 5.51. The SMILES string of the molecule is CC(=O)N1N=C(c2cc(F)ccc2F)S[C@@]12c1cc(F)c(F)cc1CC[C@H]2CCN.CC(=O)N1N=C(c2cc(F)ccc2F)S[C@@]12c1cccc(C)c1OC[C@H]2CCN.CC(=O)N1N=C(c2cc(F)ccc2F)S[C@]12c1cc(F)c(F)cc1CC[C@@H]2CCN.CC(=O)N1N=C(c2cc(F)ccc2F)S[C@]12c1cc(F)cc(F)c1CC[C@@H]2CCN.CC(=O)N1N=C(c2cc(F)ccc2F)S[C@]12c1cccc(C)c1OC[C@@H]2CCN. The molecule has 0 unspecified atom stereocenters. The minimum absolute atomic E-state index is 0.0327. The van der Waals surface area contributed by atoms with Gasteiger partial charge >= 0.3 is 0 Å². The summed E-state index contributed by atoms with van der Waals surface area (Å²) < 4.78 is 239. The van der Waals surface area contributed by atoms with Crippen molar-refractivity contribution in [1.29, 1.82) is 0 Å². The number of thioether (sulfide) groups is 5. The van der Waals surface area contributed by atoms with E-state index in [4.69, 9.17) is 38.1 Å². The maximum absolute atomic E-state index is 14.6. The van der Waals surface area contributed by atoms with Crippen LogP contribution in [0.25, 0.3) is 0 Å². The first-order valence-corrected chi connectivity index (χ1v) is 51.3. The van der Waals surface area contributed by atoms with E-state index in [0.29, 0.717) is 149 Å². The number of rotatable bonds is 15. The highest BCUT2D eigenvalue weighted by Gasteiger charge is 2.63. The van der Waals surface area contributed by atoms with Crippen LogP contribution >= 0.6 is 58.8 Å². The van der Waals surface area contributed by atoms with E-state index < -0.39 is 135 Å². The molecule has 0 fully saturated rings. The highest BCUT2D eigenvalue weighted by Crippen LogP contribution is 2.65. The Morgan fingerprint density at radius 3 is 0.831 bits per heavy atom. The molecule has 148 heavy (non-hydrogen) atoms. The average molecular weight is 2150 g/mol. The van der Waals surface area contributed by atoms with Crippen molar-refractivity contribution in [2.24, 2.45) is 83.8 Å². The number of para-hydroxylation sites is 2. The number of hydrazone groups is 5. The Morgan fingerprint density at radius 2 is 0.554 bits per heavy atom. The van der Waals surface area contributed by atoms with Gasteiger partial charge in [-0.15, -0.1) is 0 Å². The molecule has 0 aromatic heterocycles. The molecule has 22 nitrogen and oxygen atoms in total. The minimum Gasteiger partial charge on any atom is -0.492 e. The summed E-state index contributed by atoms with van der Waals surface area (Å²) in [4.78, 5) is 57.5. The van der Waals surface area contributed by atoms with E-state index in [2.05, 4.69) is 25.5 Å². The van der Waals surface area contributed by atoms with E-state index in [1.165, 1.54) is 84.2 Å². The van der Waals surface area contributed by atoms with Crippen molar-refractivity contribution >= 4 is 114 Å². The van der Waals surface area contributed by atoms with Gasteiger partial charge in [0.1, 0.15) is 121 Å². The second kappa shape index (κ2) is 44.2. The van der Waals surface area contributed by atoms with Gasteiger partial charge in [-0.25, -0.2) is 95.3 Å². The molecule has 5 spiro atoms. The Kier molecular flexibility index (Phi) is 32.5. The summed E-state index contributed by atoms with van der Waals surface area (Å²) in [5.74, 6) is -13.6. The van der Waals surface area contributed by atoms with Crippen molar-refractivity contribution in [2.45, 2.75) is 143 Å². The fraction of sp³-hybridized carbons (Fsp3) is 0.333. The molecule has 10 aromatic carbocycles. The number of benzene rings is 10. The van der Waals surface area contributed by atoms with Crippen LogP contribution in [-0.2, 0) is 67.6 Å². The first-order chi connectivity index (χ1) is 70.6. The molecule has 20 rings (SSSR count). The summed E-state index contributed by atoms with van der Waals surface area (Å²) in [7, 11) is 0. The van der Waals surface area contributed by atoms with Crippen molar-refractivity contribution < 1.29 is 104 Å². The quantitative estimate of drug-likeness (QED) is 0.0596. The molecule has 7 heterocycles. The Balaban J connectivity index is 0.000000132. The lowest BCUT2D eigenvalue weighted by atomic mass is 9.76. The lowest BCUT2D eigenvalue weighted by molar-refractivity contribution is -0.135. The lowest BCUT2D eigenvalue weighted by Gasteiger charge is -2.45. The average Bonchev–Trinajstić information content (AvgIpc) is 1.36. The van der Waals surface area contributed by atoms with Gasteiger partial charge in [0.2, 0.25) is 29.5 Å². The van der Waals surface area contributed by atoms with E-state index in [1.807, 2.05) is 50.2 Å². The molecule has 7 aliphatic heterocycles. The number of halogens is 16. The van der Waals surface area contributed by atoms with E-state index in [1.54, 1.807) is 0 Å². The summed E-state index contributed by atoms with van der Waals surface area (Å²) in [5, 5.41) is 28.9. The third-order valence-electron chi connectivity index (χ3n) is 27.3. The van der Waals surface area contributed by atoms with E-state index in [0.717, 1.165) is 184 Å². The van der Waals surface area contributed by atoms with Gasteiger partial charge in [-0.1, -0.05) is 95.2 Å². The number of hydrogen-bond acceptors (Lipinski definition) is 22. The van der Waals surface area contributed by atoms with Crippen molar-refractivity contribution in [3.8, 4) is 11.5 Å². The predicted octanol–water partition coefficient (Wildman–Crippen LogP) is 20.3. The molecular formula is C105H99F16N15O7S5. The second-order valence-electron chi connectivity index (χ2n) is 36.6. The number of nitrogens with two attached hydrogens (primary N) is 5. The topological polar surface area (TPSA) is 312 Å². The first-order valence-electron chi connectivity index (χ1n) is 47.2. The van der Waals surface area contributed by atoms with E-state index in [9.17, 15) is 94.2 Å². The maximum Gasteiger partial charge on any atom is 0.241 e. The molecule has 10 atom stereocenters. The largest absolute Gasteiger partial charge is 0.492 e. The van der Waals surface area contributed by atoms with Gasteiger partial charge in [0.25, 0.3) is 0 Å². The standard InChI is InChI=1S/3C21H19F4N3OS.2C21H21F2N3O2S/c1-11(29)28-21(30-20(27-28)16-8-13(22)3-5-18(16)24)12(6-7-26)2-4-15-17(21)9-14(23)10-19(15)25;2*1-11(29)28-21(30-20(27-28)15-9-14(22)4-5-17(15)23)13(6-7-26)3-2-12-8-18(24)19(25)10-16(12)21;2*1-12-4-3-5-17-19(12)28-11-14(8-9-24)21(17)26(13(2)27)25-20(29-21)16-10-15(22)6-7-18(16)23/h3,5,8-10,12H,2,4,6-7,26H2,1H3;2*4-5,8-10,13H,2-3,6-7,26H2,1H3;2*3-7,10,14H,8-9,11,24H2,1-2H3/t12-,21-;2*13-,21-;2*14-,21+/m11010/s1.